The fourth-order valence-electron chi connectivity index (χ4n) is 13.1. The predicted molar refractivity (Wildman–Crippen MR) is 493 cm³/mol. The molecule has 2 aromatic carbocycles. The van der Waals surface area contributed by atoms with Crippen molar-refractivity contribution in [2.75, 3.05) is 99.1 Å². The first-order valence-electron chi connectivity index (χ1n) is 46.4. The lowest BCUT2D eigenvalue weighted by Crippen LogP contribution is -2.53. The molecule has 0 aliphatic carbocycles. The third-order valence-corrected chi connectivity index (χ3v) is 21.4. The highest BCUT2D eigenvalue weighted by molar-refractivity contribution is 9.10. The number of aliphatic hydroxyl groups excluding tert-OH is 4. The second-order valence-electron chi connectivity index (χ2n) is 36.0. The average Bonchev–Trinajstić information content (AvgIpc) is 1.64. The van der Waals surface area contributed by atoms with E-state index in [0.717, 1.165) is 40.9 Å². The van der Waals surface area contributed by atoms with Crippen LogP contribution in [0.3, 0.4) is 0 Å². The van der Waals surface area contributed by atoms with Crippen LogP contribution in [0.15, 0.2) is 60.7 Å². The largest absolute Gasteiger partial charge is 0.466 e. The van der Waals surface area contributed by atoms with Crippen molar-refractivity contribution >= 4 is 93.5 Å². The van der Waals surface area contributed by atoms with Gasteiger partial charge in [0.2, 0.25) is 28.5 Å². The van der Waals surface area contributed by atoms with Gasteiger partial charge in [-0.15, -0.1) is 0 Å². The predicted octanol–water partition coefficient (Wildman–Crippen LogP) is 8.98. The summed E-state index contributed by atoms with van der Waals surface area (Å²) in [4.78, 5) is 148. The summed E-state index contributed by atoms with van der Waals surface area (Å²) in [5.74, 6) is -16.1. The van der Waals surface area contributed by atoms with Gasteiger partial charge in [0.15, 0.2) is 71.4 Å². The Morgan fingerprint density at radius 2 is 0.818 bits per heavy atom. The Kier molecular flexibility index (Phi) is 53.3. The van der Waals surface area contributed by atoms with Gasteiger partial charge in [-0.3, -0.25) is 24.0 Å². The first-order chi connectivity index (χ1) is 66.0. The second-order valence-corrected chi connectivity index (χ2v) is 37.4. The monoisotopic (exact) mass is 2130 g/mol. The van der Waals surface area contributed by atoms with Crippen LogP contribution in [0.2, 0.25) is 0 Å². The van der Waals surface area contributed by atoms with E-state index in [2.05, 4.69) is 39.6 Å². The normalized spacial score (nSPS) is 26.5. The molecule has 0 aromatic heterocycles. The van der Waals surface area contributed by atoms with Crippen LogP contribution in [0, 0.1) is 11.8 Å². The molecule has 22 atom stereocenters. The standard InChI is InChI=1S/C18H23FO6.C13H13FO5.2C11H19FO5.C11H17FO5.C11H20O5.C11H18O5.C5H9BrO2.C5H8O3/c1-5-22-16(21)18(4,19)14(13-11-23-17(2,3)25-13)24-15(20)12-9-7-6-8-10-12;1-13(14)10(9(7-15)18-12(13)17)19-11(16)8-5-3-2-4-6-8;3*1-5-15-9(14)11(4,12)8(13)7-6-16-10(2,3)17-7;2*1-5-14-10(13)7(2)9(12)8-6-15-11(3,4)16-8;1-3-8-5(7)4(2)6;1-4-7-3-5(2-6)8-4/h6-10,13-14H,5,11H2,1-4H3;2-6,9-10,15H,7H2,1H3;2*7-8,13H,5-6H2,1-4H3;7H,5-6H2,1-4H3;7-9,12H,5-6H2,1-4H3;7-8H,5-6H2,1-4H3;4H,3H2,1-2H3;2,4-5H,3H2,1H3/t13?,14-,18+;9?,10-,13-;7?,8-,11+;7?,8-,11-;;;;;/m1100...../s1. The minimum Gasteiger partial charge on any atom is -0.466 e. The Morgan fingerprint density at radius 3 is 1.15 bits per heavy atom. The van der Waals surface area contributed by atoms with Crippen molar-refractivity contribution in [2.45, 2.75) is 347 Å². The van der Waals surface area contributed by atoms with E-state index in [1.54, 1.807) is 182 Å². The molecule has 0 bridgehead atoms. The van der Waals surface area contributed by atoms with Crippen LogP contribution >= 0.6 is 15.9 Å². The van der Waals surface area contributed by atoms with E-state index in [9.17, 15) is 95.2 Å². The van der Waals surface area contributed by atoms with Gasteiger partial charge in [0.05, 0.1) is 122 Å². The summed E-state index contributed by atoms with van der Waals surface area (Å²) >= 11 is 3.07. The number of esters is 10. The first-order valence-corrected chi connectivity index (χ1v) is 47.3. The van der Waals surface area contributed by atoms with Crippen molar-refractivity contribution in [3.63, 3.8) is 0 Å². The van der Waals surface area contributed by atoms with E-state index in [0.29, 0.717) is 19.8 Å². The van der Waals surface area contributed by atoms with Gasteiger partial charge in [0.25, 0.3) is 5.67 Å². The topological polar surface area (TPSA) is 524 Å². The number of aliphatic hydroxyl groups is 4. The van der Waals surface area contributed by atoms with Crippen molar-refractivity contribution < 1.29 is 218 Å². The lowest BCUT2D eigenvalue weighted by Gasteiger charge is -2.32. The summed E-state index contributed by atoms with van der Waals surface area (Å²) in [5, 5.41) is 38.6. The molecule has 8 aliphatic rings. The first kappa shape index (κ1) is 131. The number of carbonyl (C=O) groups is 13. The molecular weight excluding hydrogens is 1980 g/mol. The van der Waals surface area contributed by atoms with Crippen molar-refractivity contribution in [1.29, 1.82) is 0 Å². The third kappa shape index (κ3) is 41.7. The number of hydrogen-bond donors (Lipinski definition) is 4. The van der Waals surface area contributed by atoms with Crippen LogP contribution in [0.5, 0.6) is 0 Å². The van der Waals surface area contributed by atoms with Gasteiger partial charge in [-0.25, -0.2) is 55.5 Å². The summed E-state index contributed by atoms with van der Waals surface area (Å²) in [6.45, 7) is 44.5. The number of benzene rings is 2. The molecule has 818 valence electrons. The Labute approximate surface area is 838 Å². The molecule has 14 unspecified atom stereocenters. The van der Waals surface area contributed by atoms with Crippen molar-refractivity contribution in [3.05, 3.63) is 71.8 Å². The number of halogens is 6. The molecule has 47 heteroatoms. The van der Waals surface area contributed by atoms with E-state index >= 15 is 4.39 Å². The molecule has 0 spiro atoms. The van der Waals surface area contributed by atoms with Gasteiger partial charge in [-0.1, -0.05) is 52.3 Å². The SMILES string of the molecule is CC1OCC(C=O)O1.CCOC(=O)C(C)(F)C(=O)C1COC(C)(C)O1.CCOC(=O)C(C)Br.CCOC(=O)C(C)C(=O)C1COC(C)(C)O1.CCOC(=O)C(C)C(O)C1COC(C)(C)O1.CCOC(=O)[C@@](C)(F)[C@@H](O)C1COC(C)(C)O1.CCOC(=O)[C@@](C)(F)[C@H](OC(=O)c1ccccc1)C1COC(C)(C)O1.CCOC(=O)[C@](C)(F)[C@@H](O)C1COC(C)(C)O1.C[C@]1(F)C(=O)OC(CO)[C@H]1OC(=O)c1ccccc1. The maximum absolute atomic E-state index is 15.2. The van der Waals surface area contributed by atoms with Crippen molar-refractivity contribution in [2.24, 2.45) is 11.8 Å². The van der Waals surface area contributed by atoms with E-state index < -0.39 is 214 Å². The number of ketones is 2. The minimum atomic E-state index is -2.70. The van der Waals surface area contributed by atoms with Gasteiger partial charge >= 0.3 is 59.7 Å². The van der Waals surface area contributed by atoms with Crippen molar-refractivity contribution in [1.82, 2.24) is 0 Å². The number of rotatable bonds is 32. The van der Waals surface area contributed by atoms with Gasteiger partial charge in [-0.2, -0.15) is 0 Å². The van der Waals surface area contributed by atoms with Crippen LogP contribution in [-0.2, 0) is 166 Å². The summed E-state index contributed by atoms with van der Waals surface area (Å²) < 4.78 is 193. The molecule has 8 heterocycles. The molecular formula is C96H146BrF5O41. The van der Waals surface area contributed by atoms with Crippen LogP contribution in [0.1, 0.15) is 215 Å². The van der Waals surface area contributed by atoms with Crippen molar-refractivity contribution in [3.8, 4) is 0 Å². The number of Topliss-reactive ketones (excluding diaryl/α,β-unsaturated/α-hetero) is 2. The zero-order valence-corrected chi connectivity index (χ0v) is 88.0. The average molecular weight is 2130 g/mol. The summed E-state index contributed by atoms with van der Waals surface area (Å²) in [6, 6.07) is 16.1. The zero-order chi connectivity index (χ0) is 110. The van der Waals surface area contributed by atoms with Crippen LogP contribution in [0.25, 0.3) is 0 Å². The zero-order valence-electron chi connectivity index (χ0n) is 86.4. The van der Waals surface area contributed by atoms with Gasteiger partial charge in [0.1, 0.15) is 65.7 Å². The molecule has 143 heavy (non-hydrogen) atoms. The molecule has 2 aromatic rings. The smallest absolute Gasteiger partial charge is 0.351 e. The maximum Gasteiger partial charge on any atom is 0.351 e. The van der Waals surface area contributed by atoms with E-state index in [-0.39, 0.29) is 113 Å². The molecule has 0 saturated carbocycles. The molecule has 10 rings (SSSR count). The lowest BCUT2D eigenvalue weighted by atomic mass is 9.96. The minimum absolute atomic E-state index is 0.00517. The number of aldehydes is 1. The Bertz CT molecular complexity index is 4280. The molecule has 0 radical (unpaired) electrons. The molecule has 4 N–H and O–H groups in total. The summed E-state index contributed by atoms with van der Waals surface area (Å²) in [7, 11) is 0. The number of cyclic esters (lactones) is 1. The Morgan fingerprint density at radius 1 is 0.469 bits per heavy atom. The van der Waals surface area contributed by atoms with E-state index in [4.69, 9.17) is 95.1 Å². The summed E-state index contributed by atoms with van der Waals surface area (Å²) in [6.07, 6.45) is -13.0. The number of hydrogen-bond acceptors (Lipinski definition) is 41. The summed E-state index contributed by atoms with van der Waals surface area (Å²) in [5.41, 5.74) is -12.3. The Hall–Kier alpha value is -8.44. The van der Waals surface area contributed by atoms with Crippen LogP contribution in [0.4, 0.5) is 22.0 Å². The highest BCUT2D eigenvalue weighted by Gasteiger charge is 2.60. The fraction of sp³-hybridized carbons (Fsp3) is 0.740. The van der Waals surface area contributed by atoms with E-state index in [1.807, 2.05) is 0 Å². The lowest BCUT2D eigenvalue weighted by molar-refractivity contribution is -0.183. The molecule has 8 saturated heterocycles. The molecule has 0 amide bonds. The quantitative estimate of drug-likeness (QED) is 0.0132. The maximum atomic E-state index is 15.2. The second kappa shape index (κ2) is 58.3. The van der Waals surface area contributed by atoms with Gasteiger partial charge in [-0.05, 0) is 218 Å². The highest BCUT2D eigenvalue weighted by Crippen LogP contribution is 2.38. The van der Waals surface area contributed by atoms with E-state index in [1.165, 1.54) is 38.1 Å². The van der Waals surface area contributed by atoms with Crippen LogP contribution in [-0.4, -0.2) is 351 Å². The molecule has 8 aliphatic heterocycles. The molecule has 8 fully saturated rings. The third-order valence-electron chi connectivity index (χ3n) is 21.0. The molecule has 41 nitrogen and oxygen atoms in total. The van der Waals surface area contributed by atoms with Crippen LogP contribution < -0.4 is 0 Å². The number of ether oxygens (including phenoxy) is 24. The van der Waals surface area contributed by atoms with Gasteiger partial charge < -0.3 is 139 Å². The van der Waals surface area contributed by atoms with Gasteiger partial charge in [0, 0.05) is 0 Å². The Balaban J connectivity index is 0.000000552. The fourth-order valence-corrected chi connectivity index (χ4v) is 13.2. The highest BCUT2D eigenvalue weighted by atomic mass is 79.9. The number of alkyl halides is 6. The number of carbonyl (C=O) groups excluding carboxylic acids is 13.